The number of rotatable bonds is 5. The van der Waals surface area contributed by atoms with Crippen molar-refractivity contribution in [1.82, 2.24) is 4.31 Å². The first-order chi connectivity index (χ1) is 13.5. The van der Waals surface area contributed by atoms with E-state index in [1.165, 1.54) is 0 Å². The van der Waals surface area contributed by atoms with Crippen molar-refractivity contribution in [3.8, 4) is 11.5 Å². The fourth-order valence-electron chi connectivity index (χ4n) is 3.03. The Morgan fingerprint density at radius 1 is 0.893 bits per heavy atom. The molecule has 1 saturated heterocycles. The highest BCUT2D eigenvalue weighted by Gasteiger charge is 2.36. The lowest BCUT2D eigenvalue weighted by molar-refractivity contribution is 0.434. The van der Waals surface area contributed by atoms with E-state index < -0.39 is 10.0 Å². The molecule has 3 aromatic rings. The summed E-state index contributed by atoms with van der Waals surface area (Å²) in [7, 11) is -3.59. The van der Waals surface area contributed by atoms with Crippen molar-refractivity contribution in [2.24, 2.45) is 0 Å². The smallest absolute Gasteiger partial charge is 0.244 e. The standard InChI is InChI=1S/C21H18BrNO3S2/c22-17-8-6-16(7-9-17)21-23(14-15-27-21)28(24,25)20-12-10-19(11-13-20)26-18-4-2-1-3-5-18/h1-13,21H,14-15H2. The number of thioether (sulfide) groups is 1. The van der Waals surface area contributed by atoms with Gasteiger partial charge >= 0.3 is 0 Å². The summed E-state index contributed by atoms with van der Waals surface area (Å²) in [5.74, 6) is 2.09. The Kier molecular flexibility index (Phi) is 5.78. The van der Waals surface area contributed by atoms with Crippen molar-refractivity contribution < 1.29 is 13.2 Å². The lowest BCUT2D eigenvalue weighted by atomic mass is 10.2. The minimum Gasteiger partial charge on any atom is -0.457 e. The molecule has 0 amide bonds. The molecule has 0 aliphatic carbocycles. The van der Waals surface area contributed by atoms with Gasteiger partial charge in [-0.25, -0.2) is 8.42 Å². The fourth-order valence-corrected chi connectivity index (χ4v) is 6.54. The van der Waals surface area contributed by atoms with Gasteiger partial charge in [-0.05, 0) is 54.1 Å². The van der Waals surface area contributed by atoms with Crippen LogP contribution in [0.1, 0.15) is 10.9 Å². The van der Waals surface area contributed by atoms with Gasteiger partial charge in [0, 0.05) is 16.8 Å². The van der Waals surface area contributed by atoms with Crippen molar-refractivity contribution in [2.45, 2.75) is 10.3 Å². The molecule has 4 nitrogen and oxygen atoms in total. The number of sulfonamides is 1. The normalized spacial score (nSPS) is 17.5. The molecule has 1 fully saturated rings. The molecule has 0 radical (unpaired) electrons. The highest BCUT2D eigenvalue weighted by atomic mass is 79.9. The van der Waals surface area contributed by atoms with Crippen LogP contribution in [0.15, 0.2) is 88.2 Å². The molecule has 0 saturated carbocycles. The first kappa shape index (κ1) is 19.5. The van der Waals surface area contributed by atoms with Crippen molar-refractivity contribution in [1.29, 1.82) is 0 Å². The monoisotopic (exact) mass is 475 g/mol. The van der Waals surface area contributed by atoms with E-state index in [4.69, 9.17) is 4.74 Å². The molecular weight excluding hydrogens is 458 g/mol. The number of hydrogen-bond acceptors (Lipinski definition) is 4. The Morgan fingerprint density at radius 2 is 1.54 bits per heavy atom. The van der Waals surface area contributed by atoms with E-state index in [1.807, 2.05) is 54.6 Å². The molecule has 144 valence electrons. The lowest BCUT2D eigenvalue weighted by Crippen LogP contribution is -2.30. The summed E-state index contributed by atoms with van der Waals surface area (Å²) >= 11 is 5.07. The zero-order chi connectivity index (χ0) is 19.6. The largest absolute Gasteiger partial charge is 0.457 e. The maximum Gasteiger partial charge on any atom is 0.244 e. The molecule has 0 spiro atoms. The van der Waals surface area contributed by atoms with E-state index in [9.17, 15) is 8.42 Å². The van der Waals surface area contributed by atoms with E-state index in [0.717, 1.165) is 15.8 Å². The predicted molar refractivity (Wildman–Crippen MR) is 116 cm³/mol. The third kappa shape index (κ3) is 4.12. The Hall–Kier alpha value is -1.80. The van der Waals surface area contributed by atoms with E-state index in [1.54, 1.807) is 40.3 Å². The highest BCUT2D eigenvalue weighted by molar-refractivity contribution is 9.10. The molecule has 28 heavy (non-hydrogen) atoms. The van der Waals surface area contributed by atoms with Gasteiger partial charge < -0.3 is 4.74 Å². The van der Waals surface area contributed by atoms with Gasteiger partial charge in [0.15, 0.2) is 0 Å². The summed E-state index contributed by atoms with van der Waals surface area (Å²) in [5, 5.41) is -0.210. The van der Waals surface area contributed by atoms with Crippen LogP contribution in [0.2, 0.25) is 0 Å². The maximum absolute atomic E-state index is 13.2. The molecule has 4 rings (SSSR count). The molecule has 1 heterocycles. The van der Waals surface area contributed by atoms with Crippen molar-refractivity contribution >= 4 is 37.7 Å². The van der Waals surface area contributed by atoms with Crippen molar-refractivity contribution in [3.63, 3.8) is 0 Å². The molecule has 1 aliphatic heterocycles. The molecule has 3 aromatic carbocycles. The lowest BCUT2D eigenvalue weighted by Gasteiger charge is -2.23. The minimum absolute atomic E-state index is 0.210. The van der Waals surface area contributed by atoms with Crippen LogP contribution in [0.5, 0.6) is 11.5 Å². The Balaban J connectivity index is 1.56. The van der Waals surface area contributed by atoms with Crippen molar-refractivity contribution in [2.75, 3.05) is 12.3 Å². The fraction of sp³-hybridized carbons (Fsp3) is 0.143. The van der Waals surface area contributed by atoms with Gasteiger partial charge in [0.1, 0.15) is 11.5 Å². The highest BCUT2D eigenvalue weighted by Crippen LogP contribution is 2.41. The van der Waals surface area contributed by atoms with Gasteiger partial charge in [-0.3, -0.25) is 0 Å². The zero-order valence-corrected chi connectivity index (χ0v) is 18.1. The summed E-state index contributed by atoms with van der Waals surface area (Å²) in [5.41, 5.74) is 0.985. The van der Waals surface area contributed by atoms with E-state index in [-0.39, 0.29) is 10.3 Å². The quantitative estimate of drug-likeness (QED) is 0.476. The number of para-hydroxylation sites is 1. The van der Waals surface area contributed by atoms with Crippen LogP contribution in [0, 0.1) is 0 Å². The minimum atomic E-state index is -3.59. The van der Waals surface area contributed by atoms with Gasteiger partial charge in [0.05, 0.1) is 10.3 Å². The molecular formula is C21H18BrNO3S2. The third-order valence-electron chi connectivity index (χ3n) is 4.41. The van der Waals surface area contributed by atoms with Gasteiger partial charge in [0.25, 0.3) is 0 Å². The Labute approximate surface area is 177 Å². The number of hydrogen-bond donors (Lipinski definition) is 0. The van der Waals surface area contributed by atoms with Gasteiger partial charge in [0.2, 0.25) is 10.0 Å². The Morgan fingerprint density at radius 3 is 2.21 bits per heavy atom. The first-order valence-electron chi connectivity index (χ1n) is 8.76. The SMILES string of the molecule is O=S(=O)(c1ccc(Oc2ccccc2)cc1)N1CCSC1c1ccc(Br)cc1. The third-order valence-corrected chi connectivity index (χ3v) is 8.21. The van der Waals surface area contributed by atoms with Crippen LogP contribution >= 0.6 is 27.7 Å². The number of benzene rings is 3. The average Bonchev–Trinajstić information content (AvgIpc) is 3.21. The molecule has 1 unspecified atom stereocenters. The van der Waals surface area contributed by atoms with Crippen LogP contribution in [-0.2, 0) is 10.0 Å². The number of ether oxygens (including phenoxy) is 1. The summed E-state index contributed by atoms with van der Waals surface area (Å²) < 4.78 is 34.7. The van der Waals surface area contributed by atoms with E-state index in [2.05, 4.69) is 15.9 Å². The number of halogens is 1. The van der Waals surface area contributed by atoms with Crippen LogP contribution in [0.25, 0.3) is 0 Å². The molecule has 0 bridgehead atoms. The topological polar surface area (TPSA) is 46.6 Å². The van der Waals surface area contributed by atoms with E-state index >= 15 is 0 Å². The average molecular weight is 476 g/mol. The van der Waals surface area contributed by atoms with Crippen LogP contribution < -0.4 is 4.74 Å². The van der Waals surface area contributed by atoms with Gasteiger partial charge in [-0.15, -0.1) is 11.8 Å². The van der Waals surface area contributed by atoms with E-state index in [0.29, 0.717) is 18.0 Å². The molecule has 0 N–H and O–H groups in total. The molecule has 1 atom stereocenters. The van der Waals surface area contributed by atoms with Crippen LogP contribution in [-0.4, -0.2) is 25.0 Å². The maximum atomic E-state index is 13.2. The molecule has 7 heteroatoms. The Bertz CT molecular complexity index is 1040. The summed E-state index contributed by atoms with van der Waals surface area (Å²) in [6, 6.07) is 23.8. The van der Waals surface area contributed by atoms with Gasteiger partial charge in [-0.2, -0.15) is 4.31 Å². The summed E-state index contributed by atoms with van der Waals surface area (Å²) in [4.78, 5) is 0.275. The van der Waals surface area contributed by atoms with Gasteiger partial charge in [-0.1, -0.05) is 46.3 Å². The summed E-state index contributed by atoms with van der Waals surface area (Å²) in [6.07, 6.45) is 0. The molecule has 1 aliphatic rings. The second kappa shape index (κ2) is 8.29. The second-order valence-electron chi connectivity index (χ2n) is 6.28. The summed E-state index contributed by atoms with van der Waals surface area (Å²) in [6.45, 7) is 0.496. The van der Waals surface area contributed by atoms with Crippen LogP contribution in [0.4, 0.5) is 0 Å². The first-order valence-corrected chi connectivity index (χ1v) is 12.0. The predicted octanol–water partition coefficient (Wildman–Crippen LogP) is 5.68. The second-order valence-corrected chi connectivity index (χ2v) is 10.3. The number of nitrogens with zero attached hydrogens (tertiary/aromatic N) is 1. The van der Waals surface area contributed by atoms with Crippen LogP contribution in [0.3, 0.4) is 0 Å². The van der Waals surface area contributed by atoms with Crippen molar-refractivity contribution in [3.05, 3.63) is 88.9 Å². The molecule has 0 aromatic heterocycles. The zero-order valence-electron chi connectivity index (χ0n) is 14.9.